The Morgan fingerprint density at radius 3 is 2.35 bits per heavy atom. The fraction of sp³-hybridized carbons (Fsp3) is 0.160. The van der Waals surface area contributed by atoms with Crippen LogP contribution >= 0.6 is 0 Å². The van der Waals surface area contributed by atoms with Gasteiger partial charge in [-0.3, -0.25) is 4.79 Å². The summed E-state index contributed by atoms with van der Waals surface area (Å²) in [5.41, 5.74) is 2.32. The van der Waals surface area contributed by atoms with Crippen LogP contribution in [-0.4, -0.2) is 5.78 Å². The van der Waals surface area contributed by atoms with E-state index in [0.29, 0.717) is 5.56 Å². The molecule has 3 aromatic rings. The zero-order valence-electron chi connectivity index (χ0n) is 15.4. The molecule has 0 aliphatic rings. The molecule has 0 atom stereocenters. The van der Waals surface area contributed by atoms with Gasteiger partial charge in [-0.05, 0) is 61.4 Å². The van der Waals surface area contributed by atoms with Crippen molar-refractivity contribution in [3.63, 3.8) is 0 Å². The summed E-state index contributed by atoms with van der Waals surface area (Å²) in [7, 11) is 0. The van der Waals surface area contributed by atoms with Crippen LogP contribution in [0.4, 0.5) is 0 Å². The van der Waals surface area contributed by atoms with Gasteiger partial charge in [-0.25, -0.2) is 0 Å². The van der Waals surface area contributed by atoms with Crippen molar-refractivity contribution in [2.24, 2.45) is 5.41 Å². The number of benzene rings is 3. The van der Waals surface area contributed by atoms with Gasteiger partial charge in [-0.15, -0.1) is 0 Å². The van der Waals surface area contributed by atoms with Gasteiger partial charge in [0.1, 0.15) is 0 Å². The van der Waals surface area contributed by atoms with Crippen LogP contribution in [-0.2, 0) is 0 Å². The number of hydrogen-bond donors (Lipinski definition) is 0. The molecular formula is C25H22O. The number of rotatable bonds is 3. The molecule has 0 heterocycles. The fourth-order valence-corrected chi connectivity index (χ4v) is 2.63. The molecule has 3 aromatic carbocycles. The molecule has 0 aliphatic carbocycles. The maximum Gasteiger partial charge on any atom is 0.187 e. The molecule has 0 unspecified atom stereocenters. The molecule has 0 aromatic heterocycles. The summed E-state index contributed by atoms with van der Waals surface area (Å²) in [6.45, 7) is 6.18. The first-order valence-electron chi connectivity index (χ1n) is 8.76. The highest BCUT2D eigenvalue weighted by Crippen LogP contribution is 2.18. The second-order valence-corrected chi connectivity index (χ2v) is 7.35. The molecule has 128 valence electrons. The van der Waals surface area contributed by atoms with Crippen LogP contribution in [0.3, 0.4) is 0 Å². The lowest BCUT2D eigenvalue weighted by Gasteiger charge is -2.07. The third-order valence-electron chi connectivity index (χ3n) is 3.97. The van der Waals surface area contributed by atoms with Gasteiger partial charge in [0.25, 0.3) is 0 Å². The topological polar surface area (TPSA) is 17.1 Å². The summed E-state index contributed by atoms with van der Waals surface area (Å²) in [5.74, 6) is 6.32. The van der Waals surface area contributed by atoms with Crippen LogP contribution in [0.5, 0.6) is 0 Å². The van der Waals surface area contributed by atoms with Crippen molar-refractivity contribution in [1.29, 1.82) is 0 Å². The summed E-state index contributed by atoms with van der Waals surface area (Å²) >= 11 is 0. The summed E-state index contributed by atoms with van der Waals surface area (Å²) in [6.07, 6.45) is 3.49. The van der Waals surface area contributed by atoms with E-state index in [1.165, 1.54) is 10.8 Å². The van der Waals surface area contributed by atoms with Crippen LogP contribution in [0.2, 0.25) is 0 Å². The molecule has 3 rings (SSSR count). The summed E-state index contributed by atoms with van der Waals surface area (Å²) in [5, 5.41) is 2.36. The molecule has 0 fully saturated rings. The molecule has 0 aliphatic heterocycles. The SMILES string of the molecule is CC(C)(C)C#Cc1ccccc1C(=O)/C=C/c1ccc2ccccc2c1. The van der Waals surface area contributed by atoms with Gasteiger partial charge in [0.15, 0.2) is 5.78 Å². The Morgan fingerprint density at radius 2 is 1.58 bits per heavy atom. The predicted octanol–water partition coefficient (Wildman–Crippen LogP) is 6.13. The van der Waals surface area contributed by atoms with Gasteiger partial charge in [-0.1, -0.05) is 66.4 Å². The van der Waals surface area contributed by atoms with Gasteiger partial charge in [0.2, 0.25) is 0 Å². The predicted molar refractivity (Wildman–Crippen MR) is 110 cm³/mol. The molecule has 1 nitrogen and oxygen atoms in total. The standard InChI is InChI=1S/C25H22O/c1-25(2,3)17-16-21-9-6-7-11-23(21)24(26)15-13-19-12-14-20-8-4-5-10-22(20)18-19/h4-15,18H,1-3H3/b15-13+. The monoisotopic (exact) mass is 338 g/mol. The van der Waals surface area contributed by atoms with Gasteiger partial charge >= 0.3 is 0 Å². The Hall–Kier alpha value is -3.11. The van der Waals surface area contributed by atoms with E-state index in [0.717, 1.165) is 11.1 Å². The number of ketones is 1. The molecule has 0 N–H and O–H groups in total. The largest absolute Gasteiger partial charge is 0.289 e. The number of carbonyl (C=O) groups excluding carboxylic acids is 1. The van der Waals surface area contributed by atoms with Crippen LogP contribution in [0, 0.1) is 17.3 Å². The van der Waals surface area contributed by atoms with E-state index in [1.54, 1.807) is 6.08 Å². The molecule has 1 heteroatoms. The third kappa shape index (κ3) is 4.49. The molecule has 0 saturated carbocycles. The van der Waals surface area contributed by atoms with E-state index in [9.17, 15) is 4.79 Å². The summed E-state index contributed by atoms with van der Waals surface area (Å²) < 4.78 is 0. The van der Waals surface area contributed by atoms with E-state index < -0.39 is 0 Å². The lowest BCUT2D eigenvalue weighted by molar-refractivity contribution is 0.104. The van der Waals surface area contributed by atoms with E-state index in [1.807, 2.05) is 48.5 Å². The maximum absolute atomic E-state index is 12.7. The Bertz CT molecular complexity index is 1040. The summed E-state index contributed by atoms with van der Waals surface area (Å²) in [6, 6.07) is 21.9. The molecule has 0 spiro atoms. The molecule has 0 saturated heterocycles. The Balaban J connectivity index is 1.87. The molecule has 26 heavy (non-hydrogen) atoms. The van der Waals surface area contributed by atoms with Gasteiger partial charge in [-0.2, -0.15) is 0 Å². The lowest BCUT2D eigenvalue weighted by Crippen LogP contribution is -2.01. The number of carbonyl (C=O) groups is 1. The van der Waals surface area contributed by atoms with Crippen molar-refractivity contribution >= 4 is 22.6 Å². The van der Waals surface area contributed by atoms with Gasteiger partial charge in [0.05, 0.1) is 0 Å². The average molecular weight is 338 g/mol. The third-order valence-corrected chi connectivity index (χ3v) is 3.97. The minimum absolute atomic E-state index is 0.0306. The van der Waals surface area contributed by atoms with Crippen molar-refractivity contribution in [2.45, 2.75) is 20.8 Å². The minimum atomic E-state index is -0.100. The van der Waals surface area contributed by atoms with Crippen LogP contribution in [0.25, 0.3) is 16.8 Å². The smallest absolute Gasteiger partial charge is 0.187 e. The average Bonchev–Trinajstić information content (AvgIpc) is 2.64. The first-order valence-corrected chi connectivity index (χ1v) is 8.76. The van der Waals surface area contributed by atoms with Gasteiger partial charge in [0, 0.05) is 16.5 Å². The molecule has 0 bridgehead atoms. The molecule has 0 radical (unpaired) electrons. The van der Waals surface area contributed by atoms with Crippen molar-refractivity contribution in [3.05, 3.63) is 89.5 Å². The lowest BCUT2D eigenvalue weighted by atomic mass is 9.96. The second kappa shape index (κ2) is 7.42. The van der Waals surface area contributed by atoms with E-state index in [4.69, 9.17) is 0 Å². The van der Waals surface area contributed by atoms with Crippen molar-refractivity contribution < 1.29 is 4.79 Å². The van der Waals surface area contributed by atoms with E-state index >= 15 is 0 Å². The fourth-order valence-electron chi connectivity index (χ4n) is 2.63. The highest BCUT2D eigenvalue weighted by Gasteiger charge is 2.08. The Morgan fingerprint density at radius 1 is 0.885 bits per heavy atom. The Labute approximate surface area is 155 Å². The van der Waals surface area contributed by atoms with E-state index in [2.05, 4.69) is 56.9 Å². The second-order valence-electron chi connectivity index (χ2n) is 7.35. The number of allylic oxidation sites excluding steroid dienone is 1. The highest BCUT2D eigenvalue weighted by molar-refractivity contribution is 6.08. The Kier molecular flexibility index (Phi) is 5.05. The first-order chi connectivity index (χ1) is 12.4. The van der Waals surface area contributed by atoms with Crippen molar-refractivity contribution in [3.8, 4) is 11.8 Å². The normalized spacial score (nSPS) is 11.3. The maximum atomic E-state index is 12.7. The summed E-state index contributed by atoms with van der Waals surface area (Å²) in [4.78, 5) is 12.7. The molecule has 0 amide bonds. The zero-order valence-corrected chi connectivity index (χ0v) is 15.4. The molecular weight excluding hydrogens is 316 g/mol. The number of fused-ring (bicyclic) bond motifs is 1. The first kappa shape index (κ1) is 17.7. The van der Waals surface area contributed by atoms with Crippen LogP contribution in [0.1, 0.15) is 42.3 Å². The quantitative estimate of drug-likeness (QED) is 0.319. The highest BCUT2D eigenvalue weighted by atomic mass is 16.1. The van der Waals surface area contributed by atoms with Crippen LogP contribution < -0.4 is 0 Å². The van der Waals surface area contributed by atoms with Crippen molar-refractivity contribution in [2.75, 3.05) is 0 Å². The number of hydrogen-bond acceptors (Lipinski definition) is 1. The van der Waals surface area contributed by atoms with E-state index in [-0.39, 0.29) is 11.2 Å². The zero-order chi connectivity index (χ0) is 18.6. The minimum Gasteiger partial charge on any atom is -0.289 e. The van der Waals surface area contributed by atoms with Crippen LogP contribution in [0.15, 0.2) is 72.8 Å². The van der Waals surface area contributed by atoms with Crippen molar-refractivity contribution in [1.82, 2.24) is 0 Å². The van der Waals surface area contributed by atoms with Gasteiger partial charge < -0.3 is 0 Å².